The highest BCUT2D eigenvalue weighted by Crippen LogP contribution is 2.22. The molecule has 13 nitrogen and oxygen atoms in total. The molecule has 11 N–H and O–H groups in total. The van der Waals surface area contributed by atoms with E-state index in [0.717, 1.165) is 5.56 Å². The van der Waals surface area contributed by atoms with Gasteiger partial charge >= 0.3 is 5.97 Å². The van der Waals surface area contributed by atoms with Gasteiger partial charge in [0.15, 0.2) is 5.96 Å². The number of nitrogens with two attached hydrogens (primary N) is 2. The summed E-state index contributed by atoms with van der Waals surface area (Å²) in [6, 6.07) is 0.890. The van der Waals surface area contributed by atoms with Crippen LogP contribution < -0.4 is 32.7 Å². The molecule has 0 fully saturated rings. The molecule has 0 aliphatic rings. The average molecular weight is 480 g/mol. The maximum Gasteiger partial charge on any atom is 0.322 e. The molecule has 0 bridgehead atoms. The van der Waals surface area contributed by atoms with Crippen LogP contribution in [0.3, 0.4) is 0 Å². The third-order valence-corrected chi connectivity index (χ3v) is 4.96. The minimum Gasteiger partial charge on any atom is -0.508 e. The fraction of sp³-hybridized carbons (Fsp3) is 0.476. The minimum atomic E-state index is -1.25. The Bertz CT molecular complexity index is 898. The van der Waals surface area contributed by atoms with Gasteiger partial charge in [-0.2, -0.15) is 0 Å². The van der Waals surface area contributed by atoms with E-state index in [-0.39, 0.29) is 37.6 Å². The highest BCUT2D eigenvalue weighted by molar-refractivity contribution is 5.93. The molecule has 0 aliphatic carbocycles. The number of amides is 3. The Morgan fingerprint density at radius 3 is 2.18 bits per heavy atom. The number of carboxylic acid groups (broad SMARTS) is 1. The molecule has 2 atom stereocenters. The van der Waals surface area contributed by atoms with E-state index in [2.05, 4.69) is 21.3 Å². The topological polar surface area (TPSA) is 233 Å². The van der Waals surface area contributed by atoms with Crippen LogP contribution in [0.5, 0.6) is 5.75 Å². The molecule has 0 spiro atoms. The molecule has 13 heteroatoms. The van der Waals surface area contributed by atoms with Crippen LogP contribution in [0, 0.1) is 19.3 Å². The van der Waals surface area contributed by atoms with Gasteiger partial charge in [0, 0.05) is 13.0 Å². The Kier molecular flexibility index (Phi) is 11.3. The van der Waals surface area contributed by atoms with E-state index in [1.807, 2.05) is 0 Å². The monoisotopic (exact) mass is 479 g/mol. The van der Waals surface area contributed by atoms with Gasteiger partial charge in [0.1, 0.15) is 24.4 Å². The van der Waals surface area contributed by atoms with Crippen molar-refractivity contribution < 1.29 is 29.4 Å². The van der Waals surface area contributed by atoms with Crippen LogP contribution in [0.2, 0.25) is 0 Å². The van der Waals surface area contributed by atoms with Gasteiger partial charge in [-0.25, -0.2) is 0 Å². The Labute approximate surface area is 197 Å². The van der Waals surface area contributed by atoms with Crippen molar-refractivity contribution in [2.75, 3.05) is 19.6 Å². The molecule has 1 rings (SSSR count). The average Bonchev–Trinajstić information content (AvgIpc) is 2.74. The van der Waals surface area contributed by atoms with Crippen molar-refractivity contribution in [3.63, 3.8) is 0 Å². The molecule has 3 amide bonds. The van der Waals surface area contributed by atoms with Gasteiger partial charge in [-0.1, -0.05) is 0 Å². The van der Waals surface area contributed by atoms with E-state index < -0.39 is 42.3 Å². The van der Waals surface area contributed by atoms with Crippen LogP contribution in [0.15, 0.2) is 12.1 Å². The van der Waals surface area contributed by atoms with E-state index in [1.165, 1.54) is 12.1 Å². The first-order chi connectivity index (χ1) is 15.9. The molecule has 0 saturated carbocycles. The fourth-order valence-electron chi connectivity index (χ4n) is 3.32. The van der Waals surface area contributed by atoms with Gasteiger partial charge in [0.25, 0.3) is 0 Å². The summed E-state index contributed by atoms with van der Waals surface area (Å²) in [5, 5.41) is 35.7. The van der Waals surface area contributed by atoms with E-state index in [9.17, 15) is 24.3 Å². The fourth-order valence-corrected chi connectivity index (χ4v) is 3.32. The summed E-state index contributed by atoms with van der Waals surface area (Å²) < 4.78 is 0. The number of phenolic OH excluding ortho intramolecular Hbond substituents is 1. The second kappa shape index (κ2) is 13.6. The van der Waals surface area contributed by atoms with Crippen molar-refractivity contribution in [2.24, 2.45) is 11.5 Å². The molecule has 1 aromatic carbocycles. The summed E-state index contributed by atoms with van der Waals surface area (Å²) in [5.74, 6) is -3.38. The van der Waals surface area contributed by atoms with Crippen molar-refractivity contribution in [2.45, 2.75) is 45.2 Å². The second-order valence-corrected chi connectivity index (χ2v) is 7.74. The lowest BCUT2D eigenvalue weighted by Crippen LogP contribution is -2.55. The molecule has 188 valence electrons. The highest BCUT2D eigenvalue weighted by atomic mass is 16.4. The number of carboxylic acids is 1. The molecular weight excluding hydrogens is 446 g/mol. The summed E-state index contributed by atoms with van der Waals surface area (Å²) in [7, 11) is 0. The van der Waals surface area contributed by atoms with E-state index >= 15 is 0 Å². The van der Waals surface area contributed by atoms with Crippen molar-refractivity contribution >= 4 is 29.7 Å². The van der Waals surface area contributed by atoms with Gasteiger partial charge < -0.3 is 42.9 Å². The number of phenols is 1. The first kappa shape index (κ1) is 28.2. The third kappa shape index (κ3) is 9.73. The van der Waals surface area contributed by atoms with Crippen molar-refractivity contribution in [3.05, 3.63) is 28.8 Å². The van der Waals surface area contributed by atoms with E-state index in [1.54, 1.807) is 13.8 Å². The number of nitrogens with one attached hydrogen (secondary N) is 5. The normalized spacial score (nSPS) is 12.2. The third-order valence-electron chi connectivity index (χ3n) is 4.96. The largest absolute Gasteiger partial charge is 0.508 e. The number of guanidine groups is 1. The number of aliphatic carboxylic acids is 1. The van der Waals surface area contributed by atoms with Crippen LogP contribution in [0.25, 0.3) is 0 Å². The molecule has 1 aromatic rings. The Morgan fingerprint density at radius 2 is 1.65 bits per heavy atom. The number of carbonyl (C=O) groups excluding carboxylic acids is 3. The first-order valence-electron chi connectivity index (χ1n) is 10.6. The maximum atomic E-state index is 13.1. The molecule has 0 heterocycles. The van der Waals surface area contributed by atoms with E-state index in [4.69, 9.17) is 22.0 Å². The van der Waals surface area contributed by atoms with Gasteiger partial charge in [-0.05, 0) is 55.5 Å². The molecule has 34 heavy (non-hydrogen) atoms. The predicted molar refractivity (Wildman–Crippen MR) is 124 cm³/mol. The summed E-state index contributed by atoms with van der Waals surface area (Å²) in [4.78, 5) is 48.4. The smallest absolute Gasteiger partial charge is 0.322 e. The molecule has 1 unspecified atom stereocenters. The van der Waals surface area contributed by atoms with E-state index in [0.29, 0.717) is 17.5 Å². The van der Waals surface area contributed by atoms with Crippen LogP contribution in [0.1, 0.15) is 29.5 Å². The number of benzene rings is 1. The molecule has 0 aliphatic heterocycles. The first-order valence-corrected chi connectivity index (χ1v) is 10.6. The quantitative estimate of drug-likeness (QED) is 0.0858. The lowest BCUT2D eigenvalue weighted by atomic mass is 9.95. The highest BCUT2D eigenvalue weighted by Gasteiger charge is 2.27. The lowest BCUT2D eigenvalue weighted by molar-refractivity contribution is -0.138. The zero-order valence-corrected chi connectivity index (χ0v) is 19.2. The molecule has 0 aromatic heterocycles. The van der Waals surface area contributed by atoms with Crippen molar-refractivity contribution in [1.29, 1.82) is 5.41 Å². The summed E-state index contributed by atoms with van der Waals surface area (Å²) in [6.07, 6.45) is 0.526. The standard InChI is InChI=1S/C21H33N7O6/c1-11-6-13(29)7-12(2)14(11)8-16(27-17(30)9-22)20(34)28-15(4-3-5-25-21(23)24)19(33)26-10-18(31)32/h6-7,15-16,29H,3-5,8-10,22H2,1-2H3,(H,26,33)(H,27,30)(H,28,34)(H,31,32)(H4,23,24,25)/t15?,16-/m0/s1. The second-order valence-electron chi connectivity index (χ2n) is 7.74. The number of carbonyl (C=O) groups is 4. The minimum absolute atomic E-state index is 0.0695. The van der Waals surface area contributed by atoms with Crippen molar-refractivity contribution in [1.82, 2.24) is 21.3 Å². The van der Waals surface area contributed by atoms with Gasteiger partial charge in [0.05, 0.1) is 6.54 Å². The molecule has 0 radical (unpaired) electrons. The number of aromatic hydroxyl groups is 1. The van der Waals surface area contributed by atoms with Gasteiger partial charge in [-0.3, -0.25) is 24.6 Å². The van der Waals surface area contributed by atoms with Crippen molar-refractivity contribution in [3.8, 4) is 5.75 Å². The maximum absolute atomic E-state index is 13.1. The Hall–Kier alpha value is -3.87. The predicted octanol–water partition coefficient (Wildman–Crippen LogP) is -2.06. The Morgan fingerprint density at radius 1 is 1.03 bits per heavy atom. The number of hydrogen-bond acceptors (Lipinski definition) is 7. The lowest BCUT2D eigenvalue weighted by Gasteiger charge is -2.24. The van der Waals surface area contributed by atoms with Crippen LogP contribution in [-0.2, 0) is 25.6 Å². The molecular formula is C21H33N7O6. The summed E-state index contributed by atoms with van der Waals surface area (Å²) >= 11 is 0. The Balaban J connectivity index is 3.07. The van der Waals surface area contributed by atoms with Crippen LogP contribution in [0.4, 0.5) is 0 Å². The number of aryl methyl sites for hydroxylation is 2. The van der Waals surface area contributed by atoms with Crippen LogP contribution in [-0.4, -0.2) is 71.6 Å². The number of hydrogen-bond donors (Lipinski definition) is 9. The zero-order chi connectivity index (χ0) is 25.8. The molecule has 0 saturated heterocycles. The summed E-state index contributed by atoms with van der Waals surface area (Å²) in [5.41, 5.74) is 12.8. The summed E-state index contributed by atoms with van der Waals surface area (Å²) in [6.45, 7) is 2.79. The zero-order valence-electron chi connectivity index (χ0n) is 19.2. The van der Waals surface area contributed by atoms with Gasteiger partial charge in [0.2, 0.25) is 17.7 Å². The van der Waals surface area contributed by atoms with Gasteiger partial charge in [-0.15, -0.1) is 0 Å². The van der Waals surface area contributed by atoms with Crippen LogP contribution >= 0.6 is 0 Å². The SMILES string of the molecule is Cc1cc(O)cc(C)c1C[C@H](NC(=O)CN)C(=O)NC(CCCNC(=N)N)C(=O)NCC(=O)O. The number of rotatable bonds is 13.